The van der Waals surface area contributed by atoms with E-state index in [0.717, 1.165) is 0 Å². The second-order valence-corrected chi connectivity index (χ2v) is 5.09. The van der Waals surface area contributed by atoms with Crippen LogP contribution in [0.2, 0.25) is 0 Å². The topological polar surface area (TPSA) is 70.7 Å². The van der Waals surface area contributed by atoms with Gasteiger partial charge in [0.2, 0.25) is 0 Å². The Kier molecular flexibility index (Phi) is 5.19. The van der Waals surface area contributed by atoms with Gasteiger partial charge in [0.15, 0.2) is 0 Å². The van der Waals surface area contributed by atoms with Gasteiger partial charge in [0.1, 0.15) is 5.75 Å². The van der Waals surface area contributed by atoms with Crippen LogP contribution >= 0.6 is 0 Å². The third-order valence-electron chi connectivity index (χ3n) is 3.10. The van der Waals surface area contributed by atoms with Crippen LogP contribution in [0.3, 0.4) is 0 Å². The van der Waals surface area contributed by atoms with Gasteiger partial charge in [-0.15, -0.1) is 0 Å². The first kappa shape index (κ1) is 16.4. The van der Waals surface area contributed by atoms with Gasteiger partial charge in [0.25, 0.3) is 5.91 Å². The molecule has 0 aromatic heterocycles. The highest BCUT2D eigenvalue weighted by Gasteiger charge is 2.09. The zero-order valence-corrected chi connectivity index (χ0v) is 13.3. The molecule has 0 aliphatic carbocycles. The second kappa shape index (κ2) is 7.31. The first-order chi connectivity index (χ1) is 11.0. The van der Waals surface area contributed by atoms with E-state index in [4.69, 9.17) is 4.74 Å². The van der Waals surface area contributed by atoms with Gasteiger partial charge in [0.05, 0.1) is 7.11 Å². The lowest BCUT2D eigenvalue weighted by atomic mass is 10.2. The normalized spacial score (nSPS) is 9.87. The van der Waals surface area contributed by atoms with E-state index < -0.39 is 6.03 Å². The highest BCUT2D eigenvalue weighted by Crippen LogP contribution is 2.17. The summed E-state index contributed by atoms with van der Waals surface area (Å²) in [5, 5.41) is 5.41. The van der Waals surface area contributed by atoms with Crippen LogP contribution in [0.25, 0.3) is 0 Å². The van der Waals surface area contributed by atoms with E-state index in [2.05, 4.69) is 10.6 Å². The molecule has 2 aromatic rings. The first-order valence-electron chi connectivity index (χ1n) is 7.03. The lowest BCUT2D eigenvalue weighted by Crippen LogP contribution is -2.22. The van der Waals surface area contributed by atoms with Gasteiger partial charge in [-0.25, -0.2) is 4.79 Å². The SMILES string of the molecule is COc1cccc(NC(=O)Nc2cccc(C(=O)N(C)C)c2)c1. The molecule has 0 spiro atoms. The highest BCUT2D eigenvalue weighted by atomic mass is 16.5. The fourth-order valence-electron chi connectivity index (χ4n) is 1.98. The van der Waals surface area contributed by atoms with Crippen molar-refractivity contribution < 1.29 is 14.3 Å². The molecule has 2 rings (SSSR count). The monoisotopic (exact) mass is 313 g/mol. The average Bonchev–Trinajstić information content (AvgIpc) is 2.54. The molecule has 0 heterocycles. The van der Waals surface area contributed by atoms with Gasteiger partial charge in [-0.1, -0.05) is 12.1 Å². The molecule has 0 unspecified atom stereocenters. The summed E-state index contributed by atoms with van der Waals surface area (Å²) in [6, 6.07) is 13.4. The van der Waals surface area contributed by atoms with Crippen LogP contribution in [-0.2, 0) is 0 Å². The zero-order chi connectivity index (χ0) is 16.8. The summed E-state index contributed by atoms with van der Waals surface area (Å²) < 4.78 is 5.11. The summed E-state index contributed by atoms with van der Waals surface area (Å²) in [7, 11) is 4.92. The van der Waals surface area contributed by atoms with Crippen LogP contribution in [0.4, 0.5) is 16.2 Å². The summed E-state index contributed by atoms with van der Waals surface area (Å²) in [6.07, 6.45) is 0. The molecular formula is C17H19N3O3. The summed E-state index contributed by atoms with van der Waals surface area (Å²) >= 11 is 0. The molecule has 0 saturated heterocycles. The predicted molar refractivity (Wildman–Crippen MR) is 90.1 cm³/mol. The number of carbonyl (C=O) groups excluding carboxylic acids is 2. The maximum atomic E-state index is 12.0. The second-order valence-electron chi connectivity index (χ2n) is 5.09. The lowest BCUT2D eigenvalue weighted by Gasteiger charge is -2.12. The number of amides is 3. The Morgan fingerprint density at radius 2 is 1.57 bits per heavy atom. The number of nitrogens with one attached hydrogen (secondary N) is 2. The summed E-state index contributed by atoms with van der Waals surface area (Å²) in [6.45, 7) is 0. The van der Waals surface area contributed by atoms with Crippen molar-refractivity contribution in [2.24, 2.45) is 0 Å². The lowest BCUT2D eigenvalue weighted by molar-refractivity contribution is 0.0827. The molecule has 120 valence electrons. The van der Waals surface area contributed by atoms with Gasteiger partial charge in [-0.05, 0) is 30.3 Å². The molecule has 6 heteroatoms. The molecule has 0 saturated carbocycles. The number of methoxy groups -OCH3 is 1. The van der Waals surface area contributed by atoms with Crippen LogP contribution in [0.1, 0.15) is 10.4 Å². The Balaban J connectivity index is 2.05. The van der Waals surface area contributed by atoms with Crippen molar-refractivity contribution in [3.05, 3.63) is 54.1 Å². The van der Waals surface area contributed by atoms with Crippen molar-refractivity contribution in [2.45, 2.75) is 0 Å². The minimum Gasteiger partial charge on any atom is -0.497 e. The van der Waals surface area contributed by atoms with E-state index in [1.54, 1.807) is 69.7 Å². The summed E-state index contributed by atoms with van der Waals surface area (Å²) in [4.78, 5) is 25.4. The van der Waals surface area contributed by atoms with Gasteiger partial charge in [0, 0.05) is 37.1 Å². The minimum atomic E-state index is -0.396. The van der Waals surface area contributed by atoms with E-state index in [0.29, 0.717) is 22.7 Å². The first-order valence-corrected chi connectivity index (χ1v) is 7.03. The van der Waals surface area contributed by atoms with E-state index in [1.807, 2.05) is 0 Å². The van der Waals surface area contributed by atoms with Crippen LogP contribution in [0.15, 0.2) is 48.5 Å². The number of urea groups is 1. The Morgan fingerprint density at radius 3 is 2.17 bits per heavy atom. The summed E-state index contributed by atoms with van der Waals surface area (Å²) in [5.74, 6) is 0.531. The van der Waals surface area contributed by atoms with Gasteiger partial charge in [-0.2, -0.15) is 0 Å². The van der Waals surface area contributed by atoms with Crippen molar-refractivity contribution in [1.82, 2.24) is 4.90 Å². The quantitative estimate of drug-likeness (QED) is 0.911. The standard InChI is InChI=1S/C17H19N3O3/c1-20(2)16(21)12-6-4-7-13(10-12)18-17(22)19-14-8-5-9-15(11-14)23-3/h4-11H,1-3H3,(H2,18,19,22). The number of carbonyl (C=O) groups is 2. The van der Waals surface area contributed by atoms with Crippen molar-refractivity contribution in [1.29, 1.82) is 0 Å². The molecule has 0 aliphatic heterocycles. The number of rotatable bonds is 4. The number of ether oxygens (including phenoxy) is 1. The van der Waals surface area contributed by atoms with Crippen molar-refractivity contribution in [3.8, 4) is 5.75 Å². The molecule has 0 aliphatic rings. The van der Waals surface area contributed by atoms with Gasteiger partial charge in [-0.3, -0.25) is 4.79 Å². The Hall–Kier alpha value is -3.02. The molecule has 0 atom stereocenters. The van der Waals surface area contributed by atoms with E-state index >= 15 is 0 Å². The van der Waals surface area contributed by atoms with Crippen molar-refractivity contribution in [2.75, 3.05) is 31.8 Å². The van der Waals surface area contributed by atoms with Crippen molar-refractivity contribution in [3.63, 3.8) is 0 Å². The third-order valence-corrected chi connectivity index (χ3v) is 3.10. The van der Waals surface area contributed by atoms with Gasteiger partial charge < -0.3 is 20.3 Å². The van der Waals surface area contributed by atoms with E-state index in [-0.39, 0.29) is 5.91 Å². The van der Waals surface area contributed by atoms with Crippen LogP contribution in [0, 0.1) is 0 Å². The molecule has 23 heavy (non-hydrogen) atoms. The summed E-state index contributed by atoms with van der Waals surface area (Å²) in [5.41, 5.74) is 1.66. The number of anilines is 2. The molecular weight excluding hydrogens is 294 g/mol. The predicted octanol–water partition coefficient (Wildman–Crippen LogP) is 3.04. The van der Waals surface area contributed by atoms with Crippen molar-refractivity contribution >= 4 is 23.3 Å². The molecule has 6 nitrogen and oxygen atoms in total. The molecule has 2 N–H and O–H groups in total. The Morgan fingerprint density at radius 1 is 0.957 bits per heavy atom. The molecule has 3 amide bonds. The Labute approximate surface area is 135 Å². The van der Waals surface area contributed by atoms with Gasteiger partial charge >= 0.3 is 6.03 Å². The van der Waals surface area contributed by atoms with Crippen LogP contribution in [0.5, 0.6) is 5.75 Å². The molecule has 0 bridgehead atoms. The Bertz CT molecular complexity index is 714. The smallest absolute Gasteiger partial charge is 0.323 e. The molecule has 2 aromatic carbocycles. The fraction of sp³-hybridized carbons (Fsp3) is 0.176. The number of hydrogen-bond donors (Lipinski definition) is 2. The zero-order valence-electron chi connectivity index (χ0n) is 13.3. The highest BCUT2D eigenvalue weighted by molar-refractivity contribution is 6.01. The maximum Gasteiger partial charge on any atom is 0.323 e. The largest absolute Gasteiger partial charge is 0.497 e. The average molecular weight is 313 g/mol. The minimum absolute atomic E-state index is 0.123. The van der Waals surface area contributed by atoms with E-state index in [1.165, 1.54) is 4.90 Å². The third kappa shape index (κ3) is 4.47. The van der Waals surface area contributed by atoms with Crippen LogP contribution in [-0.4, -0.2) is 38.0 Å². The van der Waals surface area contributed by atoms with E-state index in [9.17, 15) is 9.59 Å². The number of hydrogen-bond acceptors (Lipinski definition) is 3. The molecule has 0 fully saturated rings. The number of benzene rings is 2. The number of nitrogens with zero attached hydrogens (tertiary/aromatic N) is 1. The van der Waals surface area contributed by atoms with Crippen LogP contribution < -0.4 is 15.4 Å². The fourth-order valence-corrected chi connectivity index (χ4v) is 1.98. The maximum absolute atomic E-state index is 12.0. The molecule has 0 radical (unpaired) electrons.